The molecule has 0 aliphatic rings. The molecular formula is C16H14ClF3O. The summed E-state index contributed by atoms with van der Waals surface area (Å²) in [5.41, 5.74) is 0.521. The van der Waals surface area contributed by atoms with Gasteiger partial charge in [-0.05, 0) is 29.7 Å². The van der Waals surface area contributed by atoms with E-state index in [0.29, 0.717) is 17.0 Å². The first-order valence-electron chi connectivity index (χ1n) is 6.44. The van der Waals surface area contributed by atoms with E-state index in [-0.39, 0.29) is 6.42 Å². The van der Waals surface area contributed by atoms with Crippen LogP contribution >= 0.6 is 11.6 Å². The highest BCUT2D eigenvalue weighted by Crippen LogP contribution is 2.30. The van der Waals surface area contributed by atoms with Crippen LogP contribution in [0.1, 0.15) is 16.7 Å². The van der Waals surface area contributed by atoms with E-state index < -0.39 is 17.8 Å². The van der Waals surface area contributed by atoms with E-state index >= 15 is 0 Å². The Morgan fingerprint density at radius 1 is 1.00 bits per heavy atom. The van der Waals surface area contributed by atoms with Crippen molar-refractivity contribution in [1.29, 1.82) is 0 Å². The first-order valence-corrected chi connectivity index (χ1v) is 6.81. The summed E-state index contributed by atoms with van der Waals surface area (Å²) in [4.78, 5) is 0. The van der Waals surface area contributed by atoms with Crippen molar-refractivity contribution >= 4 is 11.6 Å². The summed E-state index contributed by atoms with van der Waals surface area (Å²) in [5, 5.41) is 10.6. The molecule has 0 saturated heterocycles. The molecule has 0 aromatic heterocycles. The van der Waals surface area contributed by atoms with Crippen LogP contribution in [0, 0.1) is 0 Å². The van der Waals surface area contributed by atoms with Crippen LogP contribution in [0.15, 0.2) is 48.5 Å². The van der Waals surface area contributed by atoms with Crippen molar-refractivity contribution in [3.63, 3.8) is 0 Å². The molecule has 0 amide bonds. The molecule has 1 atom stereocenters. The van der Waals surface area contributed by atoms with Gasteiger partial charge in [-0.1, -0.05) is 48.0 Å². The number of benzene rings is 2. The molecule has 0 bridgehead atoms. The summed E-state index contributed by atoms with van der Waals surface area (Å²) in [7, 11) is 0. The lowest BCUT2D eigenvalue weighted by atomic mass is 10.00. The minimum absolute atomic E-state index is 0.148. The maximum Gasteiger partial charge on any atom is 0.416 e. The van der Waals surface area contributed by atoms with Crippen molar-refractivity contribution in [1.82, 2.24) is 0 Å². The third-order valence-electron chi connectivity index (χ3n) is 3.14. The van der Waals surface area contributed by atoms with Gasteiger partial charge in [-0.15, -0.1) is 0 Å². The Balaban J connectivity index is 2.06. The number of hydrogen-bond acceptors (Lipinski definition) is 1. The quantitative estimate of drug-likeness (QED) is 0.880. The Bertz CT molecular complexity index is 610. The highest BCUT2D eigenvalue weighted by Gasteiger charge is 2.30. The fourth-order valence-corrected chi connectivity index (χ4v) is 2.35. The number of hydrogen-bond donors (Lipinski definition) is 1. The van der Waals surface area contributed by atoms with E-state index in [0.717, 1.165) is 17.7 Å². The van der Waals surface area contributed by atoms with E-state index in [4.69, 9.17) is 11.6 Å². The van der Waals surface area contributed by atoms with Crippen molar-refractivity contribution in [2.75, 3.05) is 0 Å². The molecule has 5 heteroatoms. The predicted octanol–water partition coefficient (Wildman–Crippen LogP) is 4.50. The Hall–Kier alpha value is -1.52. The number of aliphatic hydroxyl groups excluding tert-OH is 1. The van der Waals surface area contributed by atoms with Gasteiger partial charge in [-0.3, -0.25) is 0 Å². The number of aliphatic hydroxyl groups is 1. The van der Waals surface area contributed by atoms with Gasteiger partial charge >= 0.3 is 6.18 Å². The van der Waals surface area contributed by atoms with Gasteiger partial charge in [-0.2, -0.15) is 13.2 Å². The maximum atomic E-state index is 12.6. The minimum Gasteiger partial charge on any atom is -0.392 e. The van der Waals surface area contributed by atoms with Crippen LogP contribution in [0.2, 0.25) is 5.02 Å². The zero-order chi connectivity index (χ0) is 15.5. The smallest absolute Gasteiger partial charge is 0.392 e. The highest BCUT2D eigenvalue weighted by atomic mass is 35.5. The van der Waals surface area contributed by atoms with Crippen LogP contribution in [0.3, 0.4) is 0 Å². The molecule has 0 radical (unpaired) electrons. The lowest BCUT2D eigenvalue weighted by Crippen LogP contribution is -2.15. The molecule has 2 aromatic rings. The first kappa shape index (κ1) is 15.9. The Kier molecular flexibility index (Phi) is 4.91. The van der Waals surface area contributed by atoms with Crippen LogP contribution in [0.25, 0.3) is 0 Å². The van der Waals surface area contributed by atoms with Crippen LogP contribution in [-0.2, 0) is 19.0 Å². The van der Waals surface area contributed by atoms with E-state index in [2.05, 4.69) is 0 Å². The molecule has 0 saturated carbocycles. The van der Waals surface area contributed by atoms with E-state index in [1.165, 1.54) is 6.07 Å². The number of rotatable bonds is 4. The Morgan fingerprint density at radius 2 is 1.71 bits per heavy atom. The second kappa shape index (κ2) is 6.50. The fraction of sp³-hybridized carbons (Fsp3) is 0.250. The molecule has 0 spiro atoms. The van der Waals surface area contributed by atoms with E-state index in [1.54, 1.807) is 30.3 Å². The zero-order valence-corrected chi connectivity index (χ0v) is 11.8. The van der Waals surface area contributed by atoms with Gasteiger partial charge < -0.3 is 5.11 Å². The van der Waals surface area contributed by atoms with Gasteiger partial charge in [0.05, 0.1) is 11.7 Å². The van der Waals surface area contributed by atoms with Crippen molar-refractivity contribution in [3.05, 3.63) is 70.2 Å². The number of alkyl halides is 3. The highest BCUT2D eigenvalue weighted by molar-refractivity contribution is 6.31. The summed E-state index contributed by atoms with van der Waals surface area (Å²) in [5.74, 6) is 0. The lowest BCUT2D eigenvalue weighted by Gasteiger charge is -2.13. The van der Waals surface area contributed by atoms with Crippen molar-refractivity contribution in [2.45, 2.75) is 25.1 Å². The van der Waals surface area contributed by atoms with Crippen LogP contribution in [0.5, 0.6) is 0 Å². The molecule has 0 aliphatic carbocycles. The molecule has 2 rings (SSSR count). The van der Waals surface area contributed by atoms with Crippen molar-refractivity contribution < 1.29 is 18.3 Å². The molecule has 0 fully saturated rings. The molecule has 1 N–H and O–H groups in total. The van der Waals surface area contributed by atoms with Crippen LogP contribution in [-0.4, -0.2) is 11.2 Å². The van der Waals surface area contributed by atoms with E-state index in [9.17, 15) is 18.3 Å². The first-order chi connectivity index (χ1) is 9.86. The van der Waals surface area contributed by atoms with Gasteiger partial charge in [0.2, 0.25) is 0 Å². The summed E-state index contributed by atoms with van der Waals surface area (Å²) in [6.45, 7) is 0. The van der Waals surface area contributed by atoms with Crippen LogP contribution < -0.4 is 0 Å². The average Bonchev–Trinajstić information content (AvgIpc) is 2.41. The predicted molar refractivity (Wildman–Crippen MR) is 76.3 cm³/mol. The molecular weight excluding hydrogens is 301 g/mol. The fourth-order valence-electron chi connectivity index (χ4n) is 2.14. The Morgan fingerprint density at radius 3 is 2.38 bits per heavy atom. The van der Waals surface area contributed by atoms with Gasteiger partial charge in [-0.25, -0.2) is 0 Å². The summed E-state index contributed by atoms with van der Waals surface area (Å²) >= 11 is 6.00. The van der Waals surface area contributed by atoms with Gasteiger partial charge in [0.25, 0.3) is 0 Å². The summed E-state index contributed by atoms with van der Waals surface area (Å²) < 4.78 is 37.9. The SMILES string of the molecule is OC(Cc1cccc(C(F)(F)F)c1)Cc1ccccc1Cl. The van der Waals surface area contributed by atoms with Gasteiger partial charge in [0.1, 0.15) is 0 Å². The van der Waals surface area contributed by atoms with Crippen molar-refractivity contribution in [3.8, 4) is 0 Å². The van der Waals surface area contributed by atoms with Gasteiger partial charge in [0, 0.05) is 11.4 Å². The largest absolute Gasteiger partial charge is 0.416 e. The van der Waals surface area contributed by atoms with Gasteiger partial charge in [0.15, 0.2) is 0 Å². The minimum atomic E-state index is -4.37. The standard InChI is InChI=1S/C16H14ClF3O/c17-15-7-2-1-5-12(15)10-14(21)9-11-4-3-6-13(8-11)16(18,19)20/h1-8,14,21H,9-10H2. The topological polar surface area (TPSA) is 20.2 Å². The van der Waals surface area contributed by atoms with Crippen molar-refractivity contribution in [2.24, 2.45) is 0 Å². The molecule has 21 heavy (non-hydrogen) atoms. The lowest BCUT2D eigenvalue weighted by molar-refractivity contribution is -0.137. The monoisotopic (exact) mass is 314 g/mol. The third kappa shape index (κ3) is 4.48. The summed E-state index contributed by atoms with van der Waals surface area (Å²) in [6.07, 6.45) is -4.71. The Labute approximate surface area is 126 Å². The molecule has 1 unspecified atom stereocenters. The zero-order valence-electron chi connectivity index (χ0n) is 11.1. The molecule has 0 heterocycles. The second-order valence-electron chi connectivity index (χ2n) is 4.85. The van der Waals surface area contributed by atoms with E-state index in [1.807, 2.05) is 0 Å². The molecule has 1 nitrogen and oxygen atoms in total. The third-order valence-corrected chi connectivity index (χ3v) is 3.51. The maximum absolute atomic E-state index is 12.6. The molecule has 0 aliphatic heterocycles. The summed E-state index contributed by atoms with van der Waals surface area (Å²) in [6, 6.07) is 12.1. The average molecular weight is 315 g/mol. The normalized spacial score (nSPS) is 13.2. The second-order valence-corrected chi connectivity index (χ2v) is 5.26. The molecule has 2 aromatic carbocycles. The molecule has 112 valence electrons. The van der Waals surface area contributed by atoms with Crippen LogP contribution in [0.4, 0.5) is 13.2 Å². The number of halogens is 4.